The summed E-state index contributed by atoms with van der Waals surface area (Å²) in [5.41, 5.74) is 3.45. The average molecular weight is 326 g/mol. The van der Waals surface area contributed by atoms with E-state index in [0.29, 0.717) is 12.2 Å². The van der Waals surface area contributed by atoms with Crippen molar-refractivity contribution in [2.45, 2.75) is 25.9 Å². The van der Waals surface area contributed by atoms with Crippen LogP contribution in [0.25, 0.3) is 0 Å². The number of aryl methyl sites for hydroxylation is 2. The van der Waals surface area contributed by atoms with Crippen LogP contribution in [0.1, 0.15) is 28.3 Å². The Balaban J connectivity index is 1.50. The van der Waals surface area contributed by atoms with E-state index < -0.39 is 0 Å². The number of hydrogen-bond acceptors (Lipinski definition) is 4. The molecule has 1 amide bonds. The molecule has 1 N–H and O–H groups in total. The van der Waals surface area contributed by atoms with Crippen molar-refractivity contribution < 1.29 is 4.79 Å². The Morgan fingerprint density at radius 3 is 2.87 bits per heavy atom. The third-order valence-electron chi connectivity index (χ3n) is 3.58. The first-order valence-electron chi connectivity index (χ1n) is 7.53. The van der Waals surface area contributed by atoms with Crippen molar-refractivity contribution in [3.63, 3.8) is 0 Å². The van der Waals surface area contributed by atoms with Crippen LogP contribution in [0.4, 0.5) is 0 Å². The van der Waals surface area contributed by atoms with Crippen LogP contribution < -0.4 is 5.32 Å². The molecule has 0 saturated heterocycles. The topological polar surface area (TPSA) is 59.8 Å². The molecular weight excluding hydrogens is 308 g/mol. The molecule has 0 radical (unpaired) electrons. The molecule has 0 spiro atoms. The summed E-state index contributed by atoms with van der Waals surface area (Å²) in [5.74, 6) is 0.701. The molecule has 0 unspecified atom stereocenters. The van der Waals surface area contributed by atoms with Gasteiger partial charge in [-0.05, 0) is 18.4 Å². The highest BCUT2D eigenvalue weighted by atomic mass is 32.1. The number of benzene rings is 1. The lowest BCUT2D eigenvalue weighted by Crippen LogP contribution is -2.25. The van der Waals surface area contributed by atoms with Gasteiger partial charge < -0.3 is 9.88 Å². The van der Waals surface area contributed by atoms with E-state index in [0.717, 1.165) is 25.2 Å². The molecule has 0 aliphatic carbocycles. The first-order valence-corrected chi connectivity index (χ1v) is 8.47. The van der Waals surface area contributed by atoms with Crippen molar-refractivity contribution in [2.24, 2.45) is 0 Å². The summed E-state index contributed by atoms with van der Waals surface area (Å²) >= 11 is 1.41. The van der Waals surface area contributed by atoms with Crippen LogP contribution in [0, 0.1) is 0 Å². The smallest absolute Gasteiger partial charge is 0.271 e. The summed E-state index contributed by atoms with van der Waals surface area (Å²) in [5, 5.41) is 4.60. The number of thiazole rings is 1. The first kappa shape index (κ1) is 15.4. The SMILES string of the molecule is O=C(NCc1nccn1CCCc1ccccc1)c1cscn1. The second kappa shape index (κ2) is 7.69. The molecule has 0 bridgehead atoms. The highest BCUT2D eigenvalue weighted by Gasteiger charge is 2.09. The Hall–Kier alpha value is -2.47. The maximum atomic E-state index is 11.9. The predicted molar refractivity (Wildman–Crippen MR) is 90.3 cm³/mol. The number of hydrogen-bond donors (Lipinski definition) is 1. The van der Waals surface area contributed by atoms with Crippen molar-refractivity contribution in [3.8, 4) is 0 Å². The number of nitrogens with one attached hydrogen (secondary N) is 1. The monoisotopic (exact) mass is 326 g/mol. The lowest BCUT2D eigenvalue weighted by molar-refractivity contribution is 0.0945. The Morgan fingerprint density at radius 1 is 1.22 bits per heavy atom. The van der Waals surface area contributed by atoms with Gasteiger partial charge in [0.15, 0.2) is 0 Å². The Morgan fingerprint density at radius 2 is 2.09 bits per heavy atom. The van der Waals surface area contributed by atoms with Crippen LogP contribution in [0.15, 0.2) is 53.6 Å². The van der Waals surface area contributed by atoms with Gasteiger partial charge in [0.25, 0.3) is 5.91 Å². The molecule has 2 heterocycles. The zero-order valence-electron chi connectivity index (χ0n) is 12.7. The van der Waals surface area contributed by atoms with Gasteiger partial charge in [-0.2, -0.15) is 0 Å². The van der Waals surface area contributed by atoms with Gasteiger partial charge in [0.1, 0.15) is 11.5 Å². The Bertz CT molecular complexity index is 737. The van der Waals surface area contributed by atoms with E-state index in [2.05, 4.69) is 44.1 Å². The van der Waals surface area contributed by atoms with Gasteiger partial charge in [-0.15, -0.1) is 11.3 Å². The summed E-state index contributed by atoms with van der Waals surface area (Å²) in [6, 6.07) is 10.4. The zero-order valence-corrected chi connectivity index (χ0v) is 13.5. The third-order valence-corrected chi connectivity index (χ3v) is 4.17. The normalized spacial score (nSPS) is 10.6. The maximum Gasteiger partial charge on any atom is 0.271 e. The molecule has 6 heteroatoms. The molecule has 0 aliphatic heterocycles. The van der Waals surface area contributed by atoms with Crippen LogP contribution in [-0.2, 0) is 19.5 Å². The zero-order chi connectivity index (χ0) is 15.9. The standard InChI is InChI=1S/C17H18N4OS/c22-17(15-12-23-13-20-15)19-11-16-18-8-10-21(16)9-4-7-14-5-2-1-3-6-14/h1-3,5-6,8,10,12-13H,4,7,9,11H2,(H,19,22). The van der Waals surface area contributed by atoms with Crippen LogP contribution >= 0.6 is 11.3 Å². The molecule has 0 aliphatic rings. The van der Waals surface area contributed by atoms with Gasteiger partial charge in [-0.1, -0.05) is 30.3 Å². The minimum atomic E-state index is -0.162. The summed E-state index contributed by atoms with van der Waals surface area (Å²) in [7, 11) is 0. The van der Waals surface area contributed by atoms with Crippen LogP contribution in [0.3, 0.4) is 0 Å². The molecule has 3 rings (SSSR count). The molecule has 23 heavy (non-hydrogen) atoms. The van der Waals surface area contributed by atoms with Crippen molar-refractivity contribution >= 4 is 17.2 Å². The van der Waals surface area contributed by atoms with E-state index in [9.17, 15) is 4.79 Å². The fourth-order valence-corrected chi connectivity index (χ4v) is 2.92. The highest BCUT2D eigenvalue weighted by Crippen LogP contribution is 2.06. The van der Waals surface area contributed by atoms with Gasteiger partial charge in [0, 0.05) is 24.3 Å². The molecule has 3 aromatic rings. The molecule has 1 aromatic carbocycles. The number of carbonyl (C=O) groups excluding carboxylic acids is 1. The third kappa shape index (κ3) is 4.26. The first-order chi connectivity index (χ1) is 11.3. The number of nitrogens with zero attached hydrogens (tertiary/aromatic N) is 3. The van der Waals surface area contributed by atoms with Gasteiger partial charge in [0.2, 0.25) is 0 Å². The van der Waals surface area contributed by atoms with Gasteiger partial charge in [-0.3, -0.25) is 4.79 Å². The molecule has 0 fully saturated rings. The van der Waals surface area contributed by atoms with E-state index >= 15 is 0 Å². The summed E-state index contributed by atoms with van der Waals surface area (Å²) in [6.45, 7) is 1.30. The molecule has 2 aromatic heterocycles. The highest BCUT2D eigenvalue weighted by molar-refractivity contribution is 7.07. The minimum Gasteiger partial charge on any atom is -0.343 e. The van der Waals surface area contributed by atoms with Crippen LogP contribution in [-0.4, -0.2) is 20.4 Å². The van der Waals surface area contributed by atoms with E-state index in [4.69, 9.17) is 0 Å². The van der Waals surface area contributed by atoms with Gasteiger partial charge in [-0.25, -0.2) is 9.97 Å². The number of rotatable bonds is 7. The second-order valence-corrected chi connectivity index (χ2v) is 5.90. The number of imidazole rings is 1. The number of amides is 1. The van der Waals surface area contributed by atoms with E-state index in [1.807, 2.05) is 12.3 Å². The van der Waals surface area contributed by atoms with Crippen molar-refractivity contribution in [1.29, 1.82) is 0 Å². The molecule has 5 nitrogen and oxygen atoms in total. The molecular formula is C17H18N4OS. The fourth-order valence-electron chi connectivity index (χ4n) is 2.38. The minimum absolute atomic E-state index is 0.162. The molecule has 0 saturated carbocycles. The van der Waals surface area contributed by atoms with E-state index in [1.54, 1.807) is 17.1 Å². The molecule has 0 atom stereocenters. The summed E-state index contributed by atoms with van der Waals surface area (Å²) in [4.78, 5) is 20.2. The average Bonchev–Trinajstić information content (AvgIpc) is 3.26. The molecule has 118 valence electrons. The second-order valence-electron chi connectivity index (χ2n) is 5.18. The summed E-state index contributed by atoms with van der Waals surface area (Å²) < 4.78 is 2.09. The lowest BCUT2D eigenvalue weighted by atomic mass is 10.1. The van der Waals surface area contributed by atoms with Gasteiger partial charge in [0.05, 0.1) is 12.1 Å². The maximum absolute atomic E-state index is 11.9. The summed E-state index contributed by atoms with van der Waals surface area (Å²) in [6.07, 6.45) is 5.79. The van der Waals surface area contributed by atoms with Crippen molar-refractivity contribution in [2.75, 3.05) is 0 Å². The fraction of sp³-hybridized carbons (Fsp3) is 0.235. The Kier molecular flexibility index (Phi) is 5.16. The largest absolute Gasteiger partial charge is 0.343 e. The van der Waals surface area contributed by atoms with Crippen LogP contribution in [0.5, 0.6) is 0 Å². The predicted octanol–water partition coefficient (Wildman–Crippen LogP) is 2.90. The van der Waals surface area contributed by atoms with E-state index in [-0.39, 0.29) is 5.91 Å². The van der Waals surface area contributed by atoms with E-state index in [1.165, 1.54) is 16.9 Å². The van der Waals surface area contributed by atoms with Crippen molar-refractivity contribution in [1.82, 2.24) is 19.9 Å². The Labute approximate surface area is 139 Å². The van der Waals surface area contributed by atoms with Crippen molar-refractivity contribution in [3.05, 3.63) is 70.7 Å². The lowest BCUT2D eigenvalue weighted by Gasteiger charge is -2.08. The van der Waals surface area contributed by atoms with Crippen LogP contribution in [0.2, 0.25) is 0 Å². The number of aromatic nitrogens is 3. The number of carbonyl (C=O) groups is 1. The quantitative estimate of drug-likeness (QED) is 0.726. The van der Waals surface area contributed by atoms with Gasteiger partial charge >= 0.3 is 0 Å².